The number of piperidine rings is 1. The molecule has 19 heavy (non-hydrogen) atoms. The number of benzene rings is 1. The molecule has 1 heterocycles. The van der Waals surface area contributed by atoms with Gasteiger partial charge in [-0.2, -0.15) is 0 Å². The van der Waals surface area contributed by atoms with E-state index in [1.54, 1.807) is 17.9 Å². The lowest BCUT2D eigenvalue weighted by molar-refractivity contribution is -0.138. The lowest BCUT2D eigenvalue weighted by atomic mass is 10.1. The maximum atomic E-state index is 13.6. The number of carbonyl (C=O) groups is 1. The molecule has 1 aromatic rings. The molecule has 0 aromatic heterocycles. The van der Waals surface area contributed by atoms with Gasteiger partial charge in [0, 0.05) is 17.6 Å². The summed E-state index contributed by atoms with van der Waals surface area (Å²) in [6.45, 7) is 3.21. The first kappa shape index (κ1) is 14.3. The number of nitrogens with zero attached hydrogens (tertiary/aromatic N) is 1. The van der Waals surface area contributed by atoms with Gasteiger partial charge in [-0.25, -0.2) is 4.39 Å². The zero-order chi connectivity index (χ0) is 13.8. The Morgan fingerprint density at radius 2 is 2.05 bits per heavy atom. The molecule has 1 atom stereocenters. The van der Waals surface area contributed by atoms with Crippen LogP contribution in [0.25, 0.3) is 0 Å². The van der Waals surface area contributed by atoms with Gasteiger partial charge in [0.05, 0.1) is 0 Å². The van der Waals surface area contributed by atoms with E-state index in [1.807, 2.05) is 0 Å². The van der Waals surface area contributed by atoms with Crippen molar-refractivity contribution in [1.82, 2.24) is 4.90 Å². The zero-order valence-electron chi connectivity index (χ0n) is 10.9. The number of hydrogen-bond acceptors (Lipinski definition) is 2. The first-order valence-electron chi connectivity index (χ1n) is 6.48. The number of likely N-dealkylation sites (tertiary alicyclic amines) is 1. The summed E-state index contributed by atoms with van der Waals surface area (Å²) >= 11 is 3.26. The van der Waals surface area contributed by atoms with Gasteiger partial charge in [-0.1, -0.05) is 15.9 Å². The standard InChI is InChI=1S/C14H17BrFNO2/c1-10(14(18)17-7-3-2-4-8-17)19-13-9-11(15)5-6-12(13)16/h5-6,9-10H,2-4,7-8H2,1H3. The second-order valence-corrected chi connectivity index (χ2v) is 5.64. The summed E-state index contributed by atoms with van der Waals surface area (Å²) in [5.41, 5.74) is 0. The first-order chi connectivity index (χ1) is 9.08. The Bertz CT molecular complexity index is 461. The Kier molecular flexibility index (Phi) is 4.80. The molecule has 0 spiro atoms. The second-order valence-electron chi connectivity index (χ2n) is 4.72. The van der Waals surface area contributed by atoms with Crippen molar-refractivity contribution in [3.8, 4) is 5.75 Å². The molecule has 1 saturated heterocycles. The molecule has 1 unspecified atom stereocenters. The van der Waals surface area contributed by atoms with Gasteiger partial charge in [-0.15, -0.1) is 0 Å². The molecular formula is C14H17BrFNO2. The van der Waals surface area contributed by atoms with E-state index in [0.717, 1.165) is 30.4 Å². The van der Waals surface area contributed by atoms with E-state index in [4.69, 9.17) is 4.74 Å². The highest BCUT2D eigenvalue weighted by atomic mass is 79.9. The van der Waals surface area contributed by atoms with E-state index < -0.39 is 11.9 Å². The second kappa shape index (κ2) is 6.37. The van der Waals surface area contributed by atoms with Gasteiger partial charge in [0.2, 0.25) is 0 Å². The summed E-state index contributed by atoms with van der Waals surface area (Å²) in [4.78, 5) is 14.0. The lowest BCUT2D eigenvalue weighted by Gasteiger charge is -2.29. The van der Waals surface area contributed by atoms with Crippen molar-refractivity contribution in [2.75, 3.05) is 13.1 Å². The van der Waals surface area contributed by atoms with Gasteiger partial charge in [0.15, 0.2) is 17.7 Å². The number of rotatable bonds is 3. The SMILES string of the molecule is CC(Oc1cc(Br)ccc1F)C(=O)N1CCCCC1. The fourth-order valence-electron chi connectivity index (χ4n) is 2.18. The minimum absolute atomic E-state index is 0.0703. The normalized spacial score (nSPS) is 17.1. The average Bonchev–Trinajstić information content (AvgIpc) is 2.43. The Morgan fingerprint density at radius 3 is 2.74 bits per heavy atom. The third kappa shape index (κ3) is 3.69. The van der Waals surface area contributed by atoms with Gasteiger partial charge in [-0.3, -0.25) is 4.79 Å². The predicted molar refractivity (Wildman–Crippen MR) is 74.6 cm³/mol. The number of amides is 1. The van der Waals surface area contributed by atoms with Crippen molar-refractivity contribution < 1.29 is 13.9 Å². The minimum atomic E-state index is -0.665. The Balaban J connectivity index is 2.01. The number of ether oxygens (including phenoxy) is 1. The van der Waals surface area contributed by atoms with Crippen LogP contribution in [0.3, 0.4) is 0 Å². The fraction of sp³-hybridized carbons (Fsp3) is 0.500. The summed E-state index contributed by atoms with van der Waals surface area (Å²) in [5.74, 6) is -0.423. The fourth-order valence-corrected chi connectivity index (χ4v) is 2.52. The maximum Gasteiger partial charge on any atom is 0.263 e. The molecule has 104 valence electrons. The van der Waals surface area contributed by atoms with Gasteiger partial charge < -0.3 is 9.64 Å². The van der Waals surface area contributed by atoms with Crippen LogP contribution in [0.15, 0.2) is 22.7 Å². The molecule has 3 nitrogen and oxygen atoms in total. The van der Waals surface area contributed by atoms with E-state index >= 15 is 0 Å². The van der Waals surface area contributed by atoms with E-state index in [0.29, 0.717) is 0 Å². The third-order valence-electron chi connectivity index (χ3n) is 3.21. The third-order valence-corrected chi connectivity index (χ3v) is 3.71. The molecule has 0 radical (unpaired) electrons. The molecule has 0 saturated carbocycles. The van der Waals surface area contributed by atoms with Crippen LogP contribution in [0.2, 0.25) is 0 Å². The highest BCUT2D eigenvalue weighted by Crippen LogP contribution is 2.23. The van der Waals surface area contributed by atoms with Crippen LogP contribution in [-0.2, 0) is 4.79 Å². The van der Waals surface area contributed by atoms with Crippen LogP contribution in [0.5, 0.6) is 5.75 Å². The van der Waals surface area contributed by atoms with Gasteiger partial charge in [-0.05, 0) is 44.4 Å². The number of hydrogen-bond donors (Lipinski definition) is 0. The van der Waals surface area contributed by atoms with Crippen LogP contribution < -0.4 is 4.74 Å². The van der Waals surface area contributed by atoms with Crippen molar-refractivity contribution in [2.24, 2.45) is 0 Å². The average molecular weight is 330 g/mol. The van der Waals surface area contributed by atoms with Crippen molar-refractivity contribution in [3.63, 3.8) is 0 Å². The monoisotopic (exact) mass is 329 g/mol. The van der Waals surface area contributed by atoms with Crippen LogP contribution in [0, 0.1) is 5.82 Å². The molecule has 1 fully saturated rings. The molecule has 0 aliphatic carbocycles. The molecule has 1 aliphatic heterocycles. The van der Waals surface area contributed by atoms with Gasteiger partial charge in [0.25, 0.3) is 5.91 Å². The summed E-state index contributed by atoms with van der Waals surface area (Å²) in [7, 11) is 0. The molecule has 0 bridgehead atoms. The molecule has 5 heteroatoms. The quantitative estimate of drug-likeness (QED) is 0.850. The van der Waals surface area contributed by atoms with E-state index in [-0.39, 0.29) is 11.7 Å². The van der Waals surface area contributed by atoms with Crippen LogP contribution in [-0.4, -0.2) is 30.0 Å². The Morgan fingerprint density at radius 1 is 1.37 bits per heavy atom. The highest BCUT2D eigenvalue weighted by molar-refractivity contribution is 9.10. The van der Waals surface area contributed by atoms with Crippen LogP contribution >= 0.6 is 15.9 Å². The molecule has 1 amide bonds. The van der Waals surface area contributed by atoms with E-state index in [9.17, 15) is 9.18 Å². The summed E-state index contributed by atoms with van der Waals surface area (Å²) in [6.07, 6.45) is 2.56. The van der Waals surface area contributed by atoms with E-state index in [1.165, 1.54) is 18.6 Å². The molecule has 1 aromatic carbocycles. The number of carbonyl (C=O) groups excluding carboxylic acids is 1. The van der Waals surface area contributed by atoms with Crippen molar-refractivity contribution in [2.45, 2.75) is 32.3 Å². The predicted octanol–water partition coefficient (Wildman–Crippen LogP) is 3.37. The Labute approximate surface area is 120 Å². The molecule has 0 N–H and O–H groups in total. The largest absolute Gasteiger partial charge is 0.478 e. The summed E-state index contributed by atoms with van der Waals surface area (Å²) in [5, 5.41) is 0. The van der Waals surface area contributed by atoms with Gasteiger partial charge >= 0.3 is 0 Å². The highest BCUT2D eigenvalue weighted by Gasteiger charge is 2.24. The lowest BCUT2D eigenvalue weighted by Crippen LogP contribution is -2.43. The molecular weight excluding hydrogens is 313 g/mol. The van der Waals surface area contributed by atoms with E-state index in [2.05, 4.69) is 15.9 Å². The molecule has 2 rings (SSSR count). The first-order valence-corrected chi connectivity index (χ1v) is 7.28. The minimum Gasteiger partial charge on any atom is -0.478 e. The van der Waals surface area contributed by atoms with Crippen molar-refractivity contribution in [1.29, 1.82) is 0 Å². The number of halogens is 2. The van der Waals surface area contributed by atoms with Crippen molar-refractivity contribution in [3.05, 3.63) is 28.5 Å². The van der Waals surface area contributed by atoms with Crippen LogP contribution in [0.1, 0.15) is 26.2 Å². The molecule has 1 aliphatic rings. The smallest absolute Gasteiger partial charge is 0.263 e. The maximum absolute atomic E-state index is 13.6. The van der Waals surface area contributed by atoms with Gasteiger partial charge in [0.1, 0.15) is 0 Å². The topological polar surface area (TPSA) is 29.5 Å². The summed E-state index contributed by atoms with van der Waals surface area (Å²) in [6, 6.07) is 4.45. The zero-order valence-corrected chi connectivity index (χ0v) is 12.5. The summed E-state index contributed by atoms with van der Waals surface area (Å²) < 4.78 is 19.7. The van der Waals surface area contributed by atoms with Crippen LogP contribution in [0.4, 0.5) is 4.39 Å². The Hall–Kier alpha value is -1.10. The van der Waals surface area contributed by atoms with Crippen molar-refractivity contribution >= 4 is 21.8 Å².